The molecule has 2 heterocycles. The molecule has 0 bridgehead atoms. The molecule has 124 valence electrons. The molecular formula is C16H24N6S. The molecule has 0 amide bonds. The quantitative estimate of drug-likeness (QED) is 0.726. The van der Waals surface area contributed by atoms with Crippen LogP contribution in [0.25, 0.3) is 0 Å². The summed E-state index contributed by atoms with van der Waals surface area (Å²) in [6.07, 6.45) is 6.98. The van der Waals surface area contributed by atoms with Crippen molar-refractivity contribution in [3.8, 4) is 0 Å². The first-order valence-corrected chi connectivity index (χ1v) is 8.40. The number of hydrogen-bond acceptors (Lipinski definition) is 7. The van der Waals surface area contributed by atoms with Crippen molar-refractivity contribution in [2.75, 3.05) is 30.4 Å². The average molecular weight is 332 g/mol. The summed E-state index contributed by atoms with van der Waals surface area (Å²) < 4.78 is 4.30. The molecule has 23 heavy (non-hydrogen) atoms. The zero-order valence-corrected chi connectivity index (χ0v) is 15.3. The predicted octanol–water partition coefficient (Wildman–Crippen LogP) is 3.07. The van der Waals surface area contributed by atoms with Gasteiger partial charge < -0.3 is 9.80 Å². The minimum atomic E-state index is 0.719. The SMILES string of the molecule is CC(C)=CCCN(Cc1cnc(N(C)C)nc1)c1nc(C)ns1. The first-order chi connectivity index (χ1) is 11.0. The van der Waals surface area contributed by atoms with Crippen molar-refractivity contribution in [3.05, 3.63) is 35.4 Å². The highest BCUT2D eigenvalue weighted by atomic mass is 32.1. The van der Waals surface area contributed by atoms with E-state index >= 15 is 0 Å². The molecule has 0 atom stereocenters. The maximum absolute atomic E-state index is 4.51. The second-order valence-corrected chi connectivity index (χ2v) is 6.63. The largest absolute Gasteiger partial charge is 0.347 e. The number of rotatable bonds is 7. The Labute approximate surface area is 142 Å². The van der Waals surface area contributed by atoms with Crippen LogP contribution < -0.4 is 9.80 Å². The molecule has 0 fully saturated rings. The van der Waals surface area contributed by atoms with Crippen molar-refractivity contribution < 1.29 is 0 Å². The van der Waals surface area contributed by atoms with Crippen LogP contribution in [0.4, 0.5) is 11.1 Å². The summed E-state index contributed by atoms with van der Waals surface area (Å²) in [5, 5.41) is 0.946. The fourth-order valence-corrected chi connectivity index (χ4v) is 2.75. The van der Waals surface area contributed by atoms with E-state index < -0.39 is 0 Å². The van der Waals surface area contributed by atoms with E-state index in [0.717, 1.165) is 42.0 Å². The number of hydrogen-bond donors (Lipinski definition) is 0. The summed E-state index contributed by atoms with van der Waals surface area (Å²) in [5.41, 5.74) is 2.40. The highest BCUT2D eigenvalue weighted by Gasteiger charge is 2.12. The predicted molar refractivity (Wildman–Crippen MR) is 96.1 cm³/mol. The molecule has 0 aliphatic carbocycles. The normalized spacial score (nSPS) is 10.5. The molecule has 0 saturated carbocycles. The third kappa shape index (κ3) is 5.28. The minimum absolute atomic E-state index is 0.719. The van der Waals surface area contributed by atoms with Crippen molar-refractivity contribution >= 4 is 22.6 Å². The van der Waals surface area contributed by atoms with Gasteiger partial charge in [0, 0.05) is 56.7 Å². The van der Waals surface area contributed by atoms with Gasteiger partial charge in [0.05, 0.1) is 0 Å². The van der Waals surface area contributed by atoms with E-state index in [9.17, 15) is 0 Å². The molecule has 2 rings (SSSR count). The molecule has 2 aromatic rings. The lowest BCUT2D eigenvalue weighted by molar-refractivity contribution is 0.778. The maximum Gasteiger partial charge on any atom is 0.224 e. The van der Waals surface area contributed by atoms with Crippen LogP contribution in [0.15, 0.2) is 24.0 Å². The van der Waals surface area contributed by atoms with E-state index in [1.54, 1.807) is 0 Å². The zero-order valence-electron chi connectivity index (χ0n) is 14.4. The van der Waals surface area contributed by atoms with Crippen LogP contribution in [0.1, 0.15) is 31.7 Å². The monoisotopic (exact) mass is 332 g/mol. The van der Waals surface area contributed by atoms with Crippen molar-refractivity contribution in [2.24, 2.45) is 0 Å². The van der Waals surface area contributed by atoms with Crippen LogP contribution in [0, 0.1) is 6.92 Å². The van der Waals surface area contributed by atoms with Crippen LogP contribution in [0.2, 0.25) is 0 Å². The lowest BCUT2D eigenvalue weighted by atomic mass is 10.2. The Morgan fingerprint density at radius 2 is 1.91 bits per heavy atom. The Morgan fingerprint density at radius 1 is 1.22 bits per heavy atom. The highest BCUT2D eigenvalue weighted by Crippen LogP contribution is 2.20. The summed E-state index contributed by atoms with van der Waals surface area (Å²) in [5.74, 6) is 1.54. The first kappa shape index (κ1) is 17.3. The molecule has 0 N–H and O–H groups in total. The number of aryl methyl sites for hydroxylation is 1. The van der Waals surface area contributed by atoms with Gasteiger partial charge in [-0.3, -0.25) is 0 Å². The summed E-state index contributed by atoms with van der Waals surface area (Å²) in [6.45, 7) is 7.79. The number of allylic oxidation sites excluding steroid dienone is 1. The van der Waals surface area contributed by atoms with Gasteiger partial charge in [-0.15, -0.1) is 0 Å². The Hall–Kier alpha value is -2.02. The summed E-state index contributed by atoms with van der Waals surface area (Å²) in [6, 6.07) is 0. The Kier molecular flexibility index (Phi) is 6.04. The van der Waals surface area contributed by atoms with Crippen LogP contribution in [-0.4, -0.2) is 40.0 Å². The van der Waals surface area contributed by atoms with E-state index in [1.807, 2.05) is 38.3 Å². The van der Waals surface area contributed by atoms with Gasteiger partial charge >= 0.3 is 0 Å². The molecule has 0 aromatic carbocycles. The molecule has 0 radical (unpaired) electrons. The number of anilines is 2. The van der Waals surface area contributed by atoms with Gasteiger partial charge in [-0.1, -0.05) is 11.6 Å². The van der Waals surface area contributed by atoms with Gasteiger partial charge in [0.1, 0.15) is 5.82 Å². The van der Waals surface area contributed by atoms with Crippen LogP contribution >= 0.6 is 11.5 Å². The number of aromatic nitrogens is 4. The molecule has 7 heteroatoms. The first-order valence-electron chi connectivity index (χ1n) is 7.62. The van der Waals surface area contributed by atoms with Gasteiger partial charge in [0.25, 0.3) is 0 Å². The molecule has 0 aliphatic heterocycles. The number of nitrogens with zero attached hydrogens (tertiary/aromatic N) is 6. The lowest BCUT2D eigenvalue weighted by Crippen LogP contribution is -2.24. The van der Waals surface area contributed by atoms with Gasteiger partial charge in [-0.2, -0.15) is 4.37 Å². The van der Waals surface area contributed by atoms with E-state index in [1.165, 1.54) is 17.1 Å². The topological polar surface area (TPSA) is 58.0 Å². The van der Waals surface area contributed by atoms with E-state index in [0.29, 0.717) is 0 Å². The Morgan fingerprint density at radius 3 is 2.43 bits per heavy atom. The van der Waals surface area contributed by atoms with Crippen molar-refractivity contribution in [1.29, 1.82) is 0 Å². The second kappa shape index (κ2) is 8.01. The van der Waals surface area contributed by atoms with Gasteiger partial charge in [0.15, 0.2) is 0 Å². The molecule has 0 saturated heterocycles. The highest BCUT2D eigenvalue weighted by molar-refractivity contribution is 7.09. The maximum atomic E-state index is 4.51. The lowest BCUT2D eigenvalue weighted by Gasteiger charge is -2.21. The fourth-order valence-electron chi connectivity index (χ4n) is 2.05. The summed E-state index contributed by atoms with van der Waals surface area (Å²) in [7, 11) is 3.87. The second-order valence-electron chi connectivity index (χ2n) is 5.90. The van der Waals surface area contributed by atoms with E-state index in [2.05, 4.69) is 44.1 Å². The van der Waals surface area contributed by atoms with Crippen molar-refractivity contribution in [2.45, 2.75) is 33.7 Å². The van der Waals surface area contributed by atoms with Crippen molar-refractivity contribution in [3.63, 3.8) is 0 Å². The molecule has 6 nitrogen and oxygen atoms in total. The van der Waals surface area contributed by atoms with E-state index in [-0.39, 0.29) is 0 Å². The van der Waals surface area contributed by atoms with Gasteiger partial charge in [0.2, 0.25) is 11.1 Å². The third-order valence-electron chi connectivity index (χ3n) is 3.20. The Balaban J connectivity index is 2.11. The Bertz CT molecular complexity index is 643. The summed E-state index contributed by atoms with van der Waals surface area (Å²) >= 11 is 1.44. The average Bonchev–Trinajstić information content (AvgIpc) is 2.93. The van der Waals surface area contributed by atoms with Crippen molar-refractivity contribution in [1.82, 2.24) is 19.3 Å². The summed E-state index contributed by atoms with van der Waals surface area (Å²) in [4.78, 5) is 17.4. The molecular weight excluding hydrogens is 308 g/mol. The van der Waals surface area contributed by atoms with Crippen LogP contribution in [0.5, 0.6) is 0 Å². The standard InChI is InChI=1S/C16H24N6S/c1-12(2)7-6-8-22(16-19-13(3)20-23-16)11-14-9-17-15(18-10-14)21(4)5/h7,9-10H,6,8,11H2,1-5H3. The van der Waals surface area contributed by atoms with Crippen LogP contribution in [0.3, 0.4) is 0 Å². The third-order valence-corrected chi connectivity index (χ3v) is 4.07. The van der Waals surface area contributed by atoms with Gasteiger partial charge in [-0.25, -0.2) is 15.0 Å². The zero-order chi connectivity index (χ0) is 16.8. The molecule has 0 aliphatic rings. The van der Waals surface area contributed by atoms with E-state index in [4.69, 9.17) is 0 Å². The van der Waals surface area contributed by atoms with Gasteiger partial charge in [-0.05, 0) is 27.2 Å². The fraction of sp³-hybridized carbons (Fsp3) is 0.500. The molecule has 0 spiro atoms. The minimum Gasteiger partial charge on any atom is -0.347 e. The molecule has 2 aromatic heterocycles. The van der Waals surface area contributed by atoms with Crippen LogP contribution in [-0.2, 0) is 6.54 Å². The molecule has 0 unspecified atom stereocenters. The smallest absolute Gasteiger partial charge is 0.224 e.